The molecular formula is C20H18N2O4. The number of aromatic nitrogens is 1. The molecule has 0 aliphatic carbocycles. The summed E-state index contributed by atoms with van der Waals surface area (Å²) in [5.74, 6) is 2.22. The van der Waals surface area contributed by atoms with Crippen LogP contribution < -0.4 is 14.8 Å². The third-order valence-corrected chi connectivity index (χ3v) is 4.06. The van der Waals surface area contributed by atoms with Gasteiger partial charge >= 0.3 is 0 Å². The van der Waals surface area contributed by atoms with Gasteiger partial charge in [0.2, 0.25) is 11.8 Å². The maximum absolute atomic E-state index is 12.4. The van der Waals surface area contributed by atoms with Crippen molar-refractivity contribution < 1.29 is 18.7 Å². The second-order valence-corrected chi connectivity index (χ2v) is 5.98. The Morgan fingerprint density at radius 2 is 1.85 bits per heavy atom. The molecule has 1 aromatic heterocycles. The maximum atomic E-state index is 12.4. The van der Waals surface area contributed by atoms with Crippen LogP contribution in [0, 0.1) is 6.92 Å². The van der Waals surface area contributed by atoms with Crippen molar-refractivity contribution in [3.05, 3.63) is 60.0 Å². The van der Waals surface area contributed by atoms with Crippen LogP contribution in [0.25, 0.3) is 11.5 Å². The van der Waals surface area contributed by atoms with E-state index in [1.165, 1.54) is 0 Å². The number of rotatable bonds is 4. The van der Waals surface area contributed by atoms with E-state index < -0.39 is 0 Å². The lowest BCUT2D eigenvalue weighted by Gasteiger charge is -2.18. The number of ether oxygens (including phenoxy) is 2. The summed E-state index contributed by atoms with van der Waals surface area (Å²) in [5.41, 5.74) is 2.25. The third kappa shape index (κ3) is 3.39. The Labute approximate surface area is 150 Å². The topological polar surface area (TPSA) is 73.6 Å². The predicted molar refractivity (Wildman–Crippen MR) is 96.4 cm³/mol. The first kappa shape index (κ1) is 16.2. The number of fused-ring (bicyclic) bond motifs is 1. The minimum atomic E-state index is -0.180. The molecule has 0 fully saturated rings. The second-order valence-electron chi connectivity index (χ2n) is 5.98. The number of carbonyl (C=O) groups is 1. The van der Waals surface area contributed by atoms with E-state index in [1.54, 1.807) is 18.2 Å². The van der Waals surface area contributed by atoms with E-state index in [2.05, 4.69) is 10.3 Å². The summed E-state index contributed by atoms with van der Waals surface area (Å²) in [7, 11) is 0. The largest absolute Gasteiger partial charge is 0.486 e. The molecule has 0 radical (unpaired) electrons. The summed E-state index contributed by atoms with van der Waals surface area (Å²) in [6.45, 7) is 2.87. The molecule has 0 spiro atoms. The highest BCUT2D eigenvalue weighted by Gasteiger charge is 2.16. The van der Waals surface area contributed by atoms with E-state index >= 15 is 0 Å². The average molecular weight is 350 g/mol. The van der Waals surface area contributed by atoms with Gasteiger partial charge in [-0.25, -0.2) is 4.98 Å². The molecule has 0 saturated carbocycles. The summed E-state index contributed by atoms with van der Waals surface area (Å²) >= 11 is 0. The molecule has 1 aliphatic heterocycles. The quantitative estimate of drug-likeness (QED) is 0.778. The van der Waals surface area contributed by atoms with Crippen LogP contribution in [0.4, 0.5) is 5.69 Å². The fraction of sp³-hybridized carbons (Fsp3) is 0.200. The highest BCUT2D eigenvalue weighted by atomic mass is 16.6. The lowest BCUT2D eigenvalue weighted by molar-refractivity contribution is -0.115. The molecule has 0 bridgehead atoms. The number of aryl methyl sites for hydroxylation is 1. The zero-order valence-electron chi connectivity index (χ0n) is 14.3. The van der Waals surface area contributed by atoms with Gasteiger partial charge in [0.1, 0.15) is 19.0 Å². The molecule has 3 aromatic rings. The number of carbonyl (C=O) groups excluding carboxylic acids is 1. The van der Waals surface area contributed by atoms with Crippen LogP contribution in [-0.4, -0.2) is 24.1 Å². The molecule has 6 heteroatoms. The van der Waals surface area contributed by atoms with Crippen molar-refractivity contribution in [2.75, 3.05) is 18.5 Å². The SMILES string of the molecule is Cc1nc(-c2ccccc2)oc1CC(=O)Nc1ccc2c(c1)OCCO2. The molecule has 0 unspecified atom stereocenters. The Bertz CT molecular complexity index is 934. The average Bonchev–Trinajstić information content (AvgIpc) is 3.03. The molecule has 1 aliphatic rings. The number of amides is 1. The Balaban J connectivity index is 1.46. The highest BCUT2D eigenvalue weighted by molar-refractivity contribution is 5.92. The molecule has 2 aromatic carbocycles. The van der Waals surface area contributed by atoms with Gasteiger partial charge in [0, 0.05) is 17.3 Å². The second kappa shape index (κ2) is 6.92. The van der Waals surface area contributed by atoms with E-state index in [9.17, 15) is 4.79 Å². The van der Waals surface area contributed by atoms with Gasteiger partial charge in [-0.05, 0) is 31.2 Å². The van der Waals surface area contributed by atoms with E-state index in [-0.39, 0.29) is 12.3 Å². The molecule has 4 rings (SSSR count). The number of anilines is 1. The summed E-state index contributed by atoms with van der Waals surface area (Å²) in [5, 5.41) is 2.85. The summed E-state index contributed by atoms with van der Waals surface area (Å²) in [4.78, 5) is 16.8. The Hall–Kier alpha value is -3.28. The van der Waals surface area contributed by atoms with Gasteiger partial charge < -0.3 is 19.2 Å². The Morgan fingerprint density at radius 1 is 1.08 bits per heavy atom. The van der Waals surface area contributed by atoms with Crippen molar-refractivity contribution in [1.82, 2.24) is 4.98 Å². The van der Waals surface area contributed by atoms with Crippen LogP contribution >= 0.6 is 0 Å². The molecular weight excluding hydrogens is 332 g/mol. The van der Waals surface area contributed by atoms with Gasteiger partial charge in [-0.15, -0.1) is 0 Å². The first-order chi connectivity index (χ1) is 12.7. The zero-order chi connectivity index (χ0) is 17.9. The van der Waals surface area contributed by atoms with Gasteiger partial charge in [0.05, 0.1) is 12.1 Å². The monoisotopic (exact) mass is 350 g/mol. The van der Waals surface area contributed by atoms with E-state index in [4.69, 9.17) is 13.9 Å². The zero-order valence-corrected chi connectivity index (χ0v) is 14.3. The van der Waals surface area contributed by atoms with Gasteiger partial charge in [0.15, 0.2) is 11.5 Å². The normalized spacial score (nSPS) is 12.7. The minimum Gasteiger partial charge on any atom is -0.486 e. The Morgan fingerprint density at radius 3 is 2.65 bits per heavy atom. The Kier molecular flexibility index (Phi) is 4.31. The number of oxazole rings is 1. The fourth-order valence-corrected chi connectivity index (χ4v) is 2.77. The van der Waals surface area contributed by atoms with Crippen molar-refractivity contribution in [1.29, 1.82) is 0 Å². The van der Waals surface area contributed by atoms with E-state index in [1.807, 2.05) is 37.3 Å². The van der Waals surface area contributed by atoms with Crippen molar-refractivity contribution in [2.45, 2.75) is 13.3 Å². The van der Waals surface area contributed by atoms with Crippen LogP contribution in [0.5, 0.6) is 11.5 Å². The molecule has 0 saturated heterocycles. The first-order valence-electron chi connectivity index (χ1n) is 8.40. The summed E-state index contributed by atoms with van der Waals surface area (Å²) in [6.07, 6.45) is 0.111. The van der Waals surface area contributed by atoms with Gasteiger partial charge in [-0.3, -0.25) is 4.79 Å². The first-order valence-corrected chi connectivity index (χ1v) is 8.40. The van der Waals surface area contributed by atoms with Crippen molar-refractivity contribution in [3.8, 4) is 23.0 Å². The fourth-order valence-electron chi connectivity index (χ4n) is 2.77. The lowest BCUT2D eigenvalue weighted by atomic mass is 10.2. The van der Waals surface area contributed by atoms with Gasteiger partial charge in [0.25, 0.3) is 0 Å². The van der Waals surface area contributed by atoms with Crippen LogP contribution in [0.15, 0.2) is 52.9 Å². The van der Waals surface area contributed by atoms with Crippen LogP contribution in [0.2, 0.25) is 0 Å². The van der Waals surface area contributed by atoms with Gasteiger partial charge in [-0.2, -0.15) is 0 Å². The molecule has 2 heterocycles. The van der Waals surface area contributed by atoms with Crippen LogP contribution in [-0.2, 0) is 11.2 Å². The number of hydrogen-bond donors (Lipinski definition) is 1. The predicted octanol–water partition coefficient (Wildman–Crippen LogP) is 3.60. The smallest absolute Gasteiger partial charge is 0.232 e. The van der Waals surface area contributed by atoms with E-state index in [0.29, 0.717) is 47.7 Å². The molecule has 26 heavy (non-hydrogen) atoms. The standard InChI is InChI=1S/C20H18N2O4/c1-13-17(26-20(21-13)14-5-3-2-4-6-14)12-19(23)22-15-7-8-16-18(11-15)25-10-9-24-16/h2-8,11H,9-10,12H2,1H3,(H,22,23). The molecule has 6 nitrogen and oxygen atoms in total. The third-order valence-electron chi connectivity index (χ3n) is 4.06. The molecule has 0 atom stereocenters. The summed E-state index contributed by atoms with van der Waals surface area (Å²) in [6, 6.07) is 14.9. The summed E-state index contributed by atoms with van der Waals surface area (Å²) < 4.78 is 16.8. The molecule has 1 amide bonds. The lowest BCUT2D eigenvalue weighted by Crippen LogP contribution is -2.17. The van der Waals surface area contributed by atoms with Crippen molar-refractivity contribution in [3.63, 3.8) is 0 Å². The van der Waals surface area contributed by atoms with Gasteiger partial charge in [-0.1, -0.05) is 18.2 Å². The number of benzene rings is 2. The van der Waals surface area contributed by atoms with Crippen LogP contribution in [0.1, 0.15) is 11.5 Å². The van der Waals surface area contributed by atoms with Crippen molar-refractivity contribution in [2.24, 2.45) is 0 Å². The molecule has 132 valence electrons. The number of hydrogen-bond acceptors (Lipinski definition) is 5. The maximum Gasteiger partial charge on any atom is 0.232 e. The number of nitrogens with one attached hydrogen (secondary N) is 1. The highest BCUT2D eigenvalue weighted by Crippen LogP contribution is 2.32. The minimum absolute atomic E-state index is 0.111. The van der Waals surface area contributed by atoms with Crippen molar-refractivity contribution >= 4 is 11.6 Å². The number of nitrogens with zero attached hydrogens (tertiary/aromatic N) is 1. The molecule has 1 N–H and O–H groups in total. The van der Waals surface area contributed by atoms with Crippen LogP contribution in [0.3, 0.4) is 0 Å². The van der Waals surface area contributed by atoms with E-state index in [0.717, 1.165) is 5.56 Å².